The summed E-state index contributed by atoms with van der Waals surface area (Å²) in [5, 5.41) is 4.13. The summed E-state index contributed by atoms with van der Waals surface area (Å²) in [4.78, 5) is 13.7. The van der Waals surface area contributed by atoms with E-state index in [0.29, 0.717) is 24.3 Å². The molecule has 0 spiro atoms. The molecule has 4 rings (SSSR count). The zero-order valence-corrected chi connectivity index (χ0v) is 15.9. The summed E-state index contributed by atoms with van der Waals surface area (Å²) in [6.45, 7) is 9.05. The molecule has 140 valence electrons. The Labute approximate surface area is 159 Å². The lowest BCUT2D eigenvalue weighted by Crippen LogP contribution is -2.46. The molecule has 1 saturated heterocycles. The van der Waals surface area contributed by atoms with Crippen LogP contribution in [0.4, 0.5) is 0 Å². The molecule has 1 fully saturated rings. The first-order chi connectivity index (χ1) is 13.2. The van der Waals surface area contributed by atoms with Crippen LogP contribution in [0, 0.1) is 6.92 Å². The van der Waals surface area contributed by atoms with Gasteiger partial charge in [0.05, 0.1) is 6.54 Å². The third kappa shape index (κ3) is 4.23. The standard InChI is InChI=1S/C21H25N5O/c1-16-5-7-18(8-6-16)21-23-20(27-24-21)15-25-10-12-26(13-11-25)17(2)19-4-3-9-22-14-19/h3-9,14,17H,10-13,15H2,1-2H3. The number of nitrogens with zero attached hydrogens (tertiary/aromatic N) is 5. The first-order valence-electron chi connectivity index (χ1n) is 9.45. The molecule has 1 aliphatic rings. The van der Waals surface area contributed by atoms with Gasteiger partial charge >= 0.3 is 0 Å². The second-order valence-electron chi connectivity index (χ2n) is 7.15. The SMILES string of the molecule is Cc1ccc(-c2noc(CN3CCN(C(C)c4cccnc4)CC3)n2)cc1. The van der Waals surface area contributed by atoms with Gasteiger partial charge < -0.3 is 4.52 Å². The van der Waals surface area contributed by atoms with Crippen molar-refractivity contribution in [3.63, 3.8) is 0 Å². The van der Waals surface area contributed by atoms with Crippen LogP contribution < -0.4 is 0 Å². The maximum absolute atomic E-state index is 5.47. The van der Waals surface area contributed by atoms with E-state index in [1.807, 2.05) is 30.6 Å². The van der Waals surface area contributed by atoms with E-state index in [-0.39, 0.29) is 0 Å². The topological polar surface area (TPSA) is 58.3 Å². The average molecular weight is 363 g/mol. The van der Waals surface area contributed by atoms with Crippen molar-refractivity contribution < 1.29 is 4.52 Å². The van der Waals surface area contributed by atoms with Gasteiger partial charge in [0, 0.05) is 50.2 Å². The zero-order chi connectivity index (χ0) is 18.6. The fourth-order valence-electron chi connectivity index (χ4n) is 3.47. The zero-order valence-electron chi connectivity index (χ0n) is 15.9. The van der Waals surface area contributed by atoms with E-state index in [4.69, 9.17) is 4.52 Å². The van der Waals surface area contributed by atoms with Crippen molar-refractivity contribution in [1.82, 2.24) is 24.9 Å². The number of benzene rings is 1. The first kappa shape index (κ1) is 17.8. The molecule has 0 amide bonds. The molecule has 6 heteroatoms. The van der Waals surface area contributed by atoms with E-state index in [1.54, 1.807) is 0 Å². The van der Waals surface area contributed by atoms with Crippen LogP contribution in [-0.4, -0.2) is 51.1 Å². The van der Waals surface area contributed by atoms with Crippen molar-refractivity contribution in [2.45, 2.75) is 26.4 Å². The molecule has 1 atom stereocenters. The number of aryl methyl sites for hydroxylation is 1. The smallest absolute Gasteiger partial charge is 0.241 e. The molecular weight excluding hydrogens is 338 g/mol. The minimum Gasteiger partial charge on any atom is -0.338 e. The van der Waals surface area contributed by atoms with Gasteiger partial charge in [-0.25, -0.2) is 0 Å². The van der Waals surface area contributed by atoms with Crippen LogP contribution in [-0.2, 0) is 6.54 Å². The maximum Gasteiger partial charge on any atom is 0.241 e. The molecule has 1 aliphatic heterocycles. The summed E-state index contributed by atoms with van der Waals surface area (Å²) < 4.78 is 5.47. The molecule has 0 aliphatic carbocycles. The molecular formula is C21H25N5O. The summed E-state index contributed by atoms with van der Waals surface area (Å²) >= 11 is 0. The van der Waals surface area contributed by atoms with Crippen molar-refractivity contribution in [3.05, 3.63) is 65.8 Å². The molecule has 0 bridgehead atoms. The van der Waals surface area contributed by atoms with Crippen LogP contribution in [0.3, 0.4) is 0 Å². The molecule has 3 aromatic rings. The number of pyridine rings is 1. The Morgan fingerprint density at radius 2 is 1.85 bits per heavy atom. The minimum absolute atomic E-state index is 0.386. The highest BCUT2D eigenvalue weighted by Gasteiger charge is 2.23. The third-order valence-corrected chi connectivity index (χ3v) is 5.26. The van der Waals surface area contributed by atoms with Crippen LogP contribution in [0.25, 0.3) is 11.4 Å². The fraction of sp³-hybridized carbons (Fsp3) is 0.381. The van der Waals surface area contributed by atoms with Gasteiger partial charge in [-0.05, 0) is 25.5 Å². The van der Waals surface area contributed by atoms with Gasteiger partial charge in [0.1, 0.15) is 0 Å². The predicted octanol–water partition coefficient (Wildman–Crippen LogP) is 3.32. The largest absolute Gasteiger partial charge is 0.338 e. The van der Waals surface area contributed by atoms with E-state index >= 15 is 0 Å². The highest BCUT2D eigenvalue weighted by Crippen LogP contribution is 2.22. The van der Waals surface area contributed by atoms with E-state index in [9.17, 15) is 0 Å². The van der Waals surface area contributed by atoms with Crippen molar-refractivity contribution in [3.8, 4) is 11.4 Å². The predicted molar refractivity (Wildman–Crippen MR) is 104 cm³/mol. The van der Waals surface area contributed by atoms with Gasteiger partial charge in [-0.1, -0.05) is 41.1 Å². The summed E-state index contributed by atoms with van der Waals surface area (Å²) in [6, 6.07) is 12.7. The quantitative estimate of drug-likeness (QED) is 0.693. The normalized spacial score (nSPS) is 17.1. The highest BCUT2D eigenvalue weighted by molar-refractivity contribution is 5.54. The number of hydrogen-bond acceptors (Lipinski definition) is 6. The Hall–Kier alpha value is -2.57. The van der Waals surface area contributed by atoms with Gasteiger partial charge in [0.2, 0.25) is 11.7 Å². The van der Waals surface area contributed by atoms with Gasteiger partial charge in [-0.15, -0.1) is 0 Å². The molecule has 0 N–H and O–H groups in total. The second kappa shape index (κ2) is 7.98. The van der Waals surface area contributed by atoms with Gasteiger partial charge in [0.15, 0.2) is 0 Å². The Kier molecular flexibility index (Phi) is 5.27. The van der Waals surface area contributed by atoms with Crippen molar-refractivity contribution in [2.24, 2.45) is 0 Å². The molecule has 2 aromatic heterocycles. The average Bonchev–Trinajstić information content (AvgIpc) is 3.18. The highest BCUT2D eigenvalue weighted by atomic mass is 16.5. The monoisotopic (exact) mass is 363 g/mol. The van der Waals surface area contributed by atoms with Crippen LogP contribution in [0.15, 0.2) is 53.3 Å². The Morgan fingerprint density at radius 3 is 2.56 bits per heavy atom. The van der Waals surface area contributed by atoms with E-state index in [1.165, 1.54) is 11.1 Å². The van der Waals surface area contributed by atoms with Crippen LogP contribution in [0.5, 0.6) is 0 Å². The lowest BCUT2D eigenvalue weighted by Gasteiger charge is -2.37. The molecule has 27 heavy (non-hydrogen) atoms. The van der Waals surface area contributed by atoms with Crippen LogP contribution in [0.2, 0.25) is 0 Å². The maximum atomic E-state index is 5.47. The lowest BCUT2D eigenvalue weighted by atomic mass is 10.1. The number of hydrogen-bond donors (Lipinski definition) is 0. The van der Waals surface area contributed by atoms with Crippen LogP contribution >= 0.6 is 0 Å². The number of piperazine rings is 1. The molecule has 0 radical (unpaired) electrons. The van der Waals surface area contributed by atoms with Gasteiger partial charge in [-0.3, -0.25) is 14.8 Å². The summed E-state index contributed by atoms with van der Waals surface area (Å²) in [5.41, 5.74) is 3.48. The van der Waals surface area contributed by atoms with E-state index < -0.39 is 0 Å². The first-order valence-corrected chi connectivity index (χ1v) is 9.45. The fourth-order valence-corrected chi connectivity index (χ4v) is 3.47. The molecule has 1 unspecified atom stereocenters. The van der Waals surface area contributed by atoms with Gasteiger partial charge in [0.25, 0.3) is 0 Å². The molecule has 0 saturated carbocycles. The van der Waals surface area contributed by atoms with E-state index in [0.717, 1.165) is 31.7 Å². The Morgan fingerprint density at radius 1 is 1.07 bits per heavy atom. The molecule has 1 aromatic carbocycles. The van der Waals surface area contributed by atoms with Crippen molar-refractivity contribution in [2.75, 3.05) is 26.2 Å². The third-order valence-electron chi connectivity index (χ3n) is 5.26. The number of aromatic nitrogens is 3. The van der Waals surface area contributed by atoms with E-state index in [2.05, 4.69) is 57.0 Å². The van der Waals surface area contributed by atoms with Crippen molar-refractivity contribution >= 4 is 0 Å². The van der Waals surface area contributed by atoms with Crippen LogP contribution in [0.1, 0.15) is 30.0 Å². The lowest BCUT2D eigenvalue weighted by molar-refractivity contribution is 0.0904. The Balaban J connectivity index is 1.32. The minimum atomic E-state index is 0.386. The van der Waals surface area contributed by atoms with Crippen molar-refractivity contribution in [1.29, 1.82) is 0 Å². The molecule has 6 nitrogen and oxygen atoms in total. The summed E-state index contributed by atoms with van der Waals surface area (Å²) in [5.74, 6) is 1.34. The number of rotatable bonds is 5. The molecule has 3 heterocycles. The summed E-state index contributed by atoms with van der Waals surface area (Å²) in [7, 11) is 0. The second-order valence-corrected chi connectivity index (χ2v) is 7.15. The summed E-state index contributed by atoms with van der Waals surface area (Å²) in [6.07, 6.45) is 3.78. The van der Waals surface area contributed by atoms with Gasteiger partial charge in [-0.2, -0.15) is 4.98 Å². The Bertz CT molecular complexity index is 854.